The zero-order valence-electron chi connectivity index (χ0n) is 13.2. The summed E-state index contributed by atoms with van der Waals surface area (Å²) in [6, 6.07) is 3.33. The molecule has 0 radical (unpaired) electrons. The average Bonchev–Trinajstić information content (AvgIpc) is 2.46. The number of carbonyl (C=O) groups excluding carboxylic acids is 1. The smallest absolute Gasteiger partial charge is 0.192 e. The van der Waals surface area contributed by atoms with Gasteiger partial charge in [0.05, 0.1) is 6.10 Å². The molecule has 3 heteroatoms. The van der Waals surface area contributed by atoms with Crippen molar-refractivity contribution in [2.24, 2.45) is 11.8 Å². The van der Waals surface area contributed by atoms with E-state index in [2.05, 4.69) is 40.3 Å². The van der Waals surface area contributed by atoms with Crippen molar-refractivity contribution in [3.8, 4) is 0 Å². The van der Waals surface area contributed by atoms with Crippen molar-refractivity contribution < 1.29 is 9.22 Å². The molecule has 0 N–H and O–H groups in total. The van der Waals surface area contributed by atoms with E-state index in [0.717, 1.165) is 24.4 Å². The number of rotatable bonds is 10. The van der Waals surface area contributed by atoms with Crippen LogP contribution in [0.3, 0.4) is 0 Å². The largest absolute Gasteiger partial charge is 0.413 e. The lowest BCUT2D eigenvalue weighted by atomic mass is 9.94. The topological polar surface area (TPSA) is 26.3 Å². The molecule has 0 saturated heterocycles. The quantitative estimate of drug-likeness (QED) is 0.333. The zero-order valence-corrected chi connectivity index (χ0v) is 14.2. The normalized spacial score (nSPS) is 17.1. The Morgan fingerprint density at radius 3 is 2.00 bits per heavy atom. The van der Waals surface area contributed by atoms with E-state index < -0.39 is 8.32 Å². The van der Waals surface area contributed by atoms with Crippen molar-refractivity contribution in [1.29, 1.82) is 0 Å². The van der Waals surface area contributed by atoms with E-state index in [1.54, 1.807) is 6.08 Å². The van der Waals surface area contributed by atoms with E-state index in [1.165, 1.54) is 0 Å². The molecule has 0 spiro atoms. The Morgan fingerprint density at radius 1 is 1.11 bits per heavy atom. The van der Waals surface area contributed by atoms with Crippen LogP contribution in [-0.2, 0) is 9.22 Å². The molecule has 0 saturated carbocycles. The van der Waals surface area contributed by atoms with Gasteiger partial charge < -0.3 is 9.22 Å². The summed E-state index contributed by atoms with van der Waals surface area (Å²) in [4.78, 5) is 11.2. The maximum atomic E-state index is 11.2. The molecule has 110 valence electrons. The third-order valence-electron chi connectivity index (χ3n) is 4.12. The first kappa shape index (κ1) is 18.3. The number of allylic oxidation sites excluding steroid dienone is 2. The van der Waals surface area contributed by atoms with Crippen LogP contribution in [0.1, 0.15) is 34.6 Å². The number of hydrogen-bond donors (Lipinski definition) is 0. The summed E-state index contributed by atoms with van der Waals surface area (Å²) in [6.45, 7) is 14.4. The molecule has 0 rings (SSSR count). The Kier molecular flexibility index (Phi) is 8.94. The summed E-state index contributed by atoms with van der Waals surface area (Å²) in [7, 11) is -1.68. The highest BCUT2D eigenvalue weighted by molar-refractivity contribution is 6.73. The maximum Gasteiger partial charge on any atom is 0.192 e. The fourth-order valence-electron chi connectivity index (χ4n) is 2.42. The van der Waals surface area contributed by atoms with Crippen molar-refractivity contribution in [1.82, 2.24) is 0 Å². The van der Waals surface area contributed by atoms with Crippen LogP contribution in [0.25, 0.3) is 0 Å². The van der Waals surface area contributed by atoms with Crippen LogP contribution in [0.2, 0.25) is 18.1 Å². The molecule has 0 aromatic rings. The molecule has 0 unspecified atom stereocenters. The highest BCUT2D eigenvalue weighted by atomic mass is 28.4. The van der Waals surface area contributed by atoms with E-state index in [0.29, 0.717) is 0 Å². The molecular weight excluding hydrogens is 252 g/mol. The third-order valence-corrected chi connectivity index (χ3v) is 8.76. The SMILES string of the molecule is C=C/C=C\[C@H](C)[C@H](O[Si](CC)(CC)CC)[C@@H](C)C=O. The van der Waals surface area contributed by atoms with E-state index in [4.69, 9.17) is 4.43 Å². The maximum absolute atomic E-state index is 11.2. The number of aldehydes is 1. The molecule has 19 heavy (non-hydrogen) atoms. The van der Waals surface area contributed by atoms with Gasteiger partial charge in [0.2, 0.25) is 0 Å². The van der Waals surface area contributed by atoms with Gasteiger partial charge in [-0.05, 0) is 24.1 Å². The Balaban J connectivity index is 5.09. The van der Waals surface area contributed by atoms with Crippen molar-refractivity contribution >= 4 is 14.6 Å². The predicted molar refractivity (Wildman–Crippen MR) is 85.8 cm³/mol. The number of hydrogen-bond acceptors (Lipinski definition) is 2. The Hall–Kier alpha value is -0.673. The molecule has 0 aliphatic rings. The highest BCUT2D eigenvalue weighted by Crippen LogP contribution is 2.29. The van der Waals surface area contributed by atoms with Crippen LogP contribution in [0.15, 0.2) is 24.8 Å². The molecule has 0 aromatic carbocycles. The molecule has 0 fully saturated rings. The third kappa shape index (κ3) is 5.45. The lowest BCUT2D eigenvalue weighted by molar-refractivity contribution is -0.113. The van der Waals surface area contributed by atoms with Crippen LogP contribution in [0.4, 0.5) is 0 Å². The minimum atomic E-state index is -1.68. The van der Waals surface area contributed by atoms with E-state index >= 15 is 0 Å². The average molecular weight is 282 g/mol. The summed E-state index contributed by atoms with van der Waals surface area (Å²) >= 11 is 0. The van der Waals surface area contributed by atoms with E-state index in [-0.39, 0.29) is 17.9 Å². The standard InChI is InChI=1S/C16H30O2Si/c1-7-11-12-14(5)16(15(6)13-17)18-19(8-2,9-3)10-4/h7,11-16H,1,8-10H2,2-6H3/b12-11-/t14-,15-,16-/m0/s1. The summed E-state index contributed by atoms with van der Waals surface area (Å²) in [5.74, 6) is 0.163. The minimum absolute atomic E-state index is 0.0137. The van der Waals surface area contributed by atoms with E-state index in [9.17, 15) is 4.79 Å². The van der Waals surface area contributed by atoms with Crippen molar-refractivity contribution in [2.45, 2.75) is 58.9 Å². The highest BCUT2D eigenvalue weighted by Gasteiger charge is 2.35. The molecule has 2 nitrogen and oxygen atoms in total. The lowest BCUT2D eigenvalue weighted by Crippen LogP contribution is -2.44. The molecule has 0 bridgehead atoms. The molecule has 0 aliphatic heterocycles. The summed E-state index contributed by atoms with van der Waals surface area (Å²) < 4.78 is 6.52. The zero-order chi connectivity index (χ0) is 14.9. The van der Waals surface area contributed by atoms with Gasteiger partial charge in [0.1, 0.15) is 6.29 Å². The van der Waals surface area contributed by atoms with Crippen LogP contribution < -0.4 is 0 Å². The second-order valence-corrected chi connectivity index (χ2v) is 10.0. The molecule has 3 atom stereocenters. The van der Waals surface area contributed by atoms with Crippen molar-refractivity contribution in [3.05, 3.63) is 24.8 Å². The van der Waals surface area contributed by atoms with Gasteiger partial charge in [0.25, 0.3) is 0 Å². The van der Waals surface area contributed by atoms with Crippen LogP contribution >= 0.6 is 0 Å². The first-order valence-corrected chi connectivity index (χ1v) is 9.95. The van der Waals surface area contributed by atoms with Crippen LogP contribution in [0.5, 0.6) is 0 Å². The number of carbonyl (C=O) groups is 1. The van der Waals surface area contributed by atoms with Gasteiger partial charge in [-0.2, -0.15) is 0 Å². The second-order valence-electron chi connectivity index (χ2n) is 5.30. The Labute approximate surface area is 120 Å². The first-order valence-electron chi connectivity index (χ1n) is 7.42. The molecule has 0 aromatic heterocycles. The van der Waals surface area contributed by atoms with Gasteiger partial charge >= 0.3 is 0 Å². The van der Waals surface area contributed by atoms with Gasteiger partial charge in [-0.3, -0.25) is 0 Å². The lowest BCUT2D eigenvalue weighted by Gasteiger charge is -2.37. The summed E-state index contributed by atoms with van der Waals surface area (Å²) in [6.07, 6.45) is 6.79. The predicted octanol–water partition coefficient (Wildman–Crippen LogP) is 4.59. The van der Waals surface area contributed by atoms with Crippen molar-refractivity contribution in [3.63, 3.8) is 0 Å². The molecule has 0 heterocycles. The summed E-state index contributed by atoms with van der Waals surface area (Å²) in [5.41, 5.74) is 0. The second kappa shape index (κ2) is 9.27. The first-order chi connectivity index (χ1) is 9.00. The van der Waals surface area contributed by atoms with Gasteiger partial charge in [-0.25, -0.2) is 0 Å². The van der Waals surface area contributed by atoms with Gasteiger partial charge in [0.15, 0.2) is 8.32 Å². The van der Waals surface area contributed by atoms with Crippen LogP contribution in [0, 0.1) is 11.8 Å². The summed E-state index contributed by atoms with van der Waals surface area (Å²) in [5, 5.41) is 0. The Bertz CT molecular complexity index is 287. The molecule has 0 amide bonds. The fourth-order valence-corrected chi connectivity index (χ4v) is 5.43. The monoisotopic (exact) mass is 282 g/mol. The van der Waals surface area contributed by atoms with Gasteiger partial charge in [-0.1, -0.05) is 59.4 Å². The molecular formula is C16H30O2Si. The van der Waals surface area contributed by atoms with E-state index in [1.807, 2.05) is 13.0 Å². The van der Waals surface area contributed by atoms with Crippen molar-refractivity contribution in [2.75, 3.05) is 0 Å². The minimum Gasteiger partial charge on any atom is -0.413 e. The van der Waals surface area contributed by atoms with Crippen LogP contribution in [-0.4, -0.2) is 20.7 Å². The van der Waals surface area contributed by atoms with Gasteiger partial charge in [0, 0.05) is 5.92 Å². The van der Waals surface area contributed by atoms with Gasteiger partial charge in [-0.15, -0.1) is 0 Å². The Morgan fingerprint density at radius 2 is 1.63 bits per heavy atom. The fraction of sp³-hybridized carbons (Fsp3) is 0.688. The molecule has 0 aliphatic carbocycles.